The van der Waals surface area contributed by atoms with E-state index in [0.29, 0.717) is 0 Å². The molecule has 3 heterocycles. The van der Waals surface area contributed by atoms with Crippen molar-refractivity contribution in [1.82, 2.24) is 9.80 Å². The predicted octanol–water partition coefficient (Wildman–Crippen LogP) is 3.82. The van der Waals surface area contributed by atoms with E-state index in [1.807, 2.05) is 17.5 Å². The fourth-order valence-corrected chi connectivity index (χ4v) is 4.71. The van der Waals surface area contributed by atoms with Gasteiger partial charge in [-0.25, -0.2) is 0 Å². The van der Waals surface area contributed by atoms with Crippen LogP contribution in [0, 0.1) is 13.8 Å². The molecule has 0 aliphatic carbocycles. The molecule has 24 heavy (non-hydrogen) atoms. The van der Waals surface area contributed by atoms with E-state index in [2.05, 4.69) is 35.9 Å². The largest absolute Gasteiger partial charge is 0.313 e. The van der Waals surface area contributed by atoms with Crippen LogP contribution < -0.4 is 5.32 Å². The van der Waals surface area contributed by atoms with Crippen LogP contribution >= 0.6 is 22.7 Å². The van der Waals surface area contributed by atoms with Gasteiger partial charge >= 0.3 is 0 Å². The van der Waals surface area contributed by atoms with Gasteiger partial charge in [-0.2, -0.15) is 0 Å². The quantitative estimate of drug-likeness (QED) is 0.877. The van der Waals surface area contributed by atoms with E-state index in [9.17, 15) is 4.79 Å². The number of carbonyl (C=O) groups is 1. The average Bonchev–Trinajstić information content (AvgIpc) is 3.21. The first-order valence-electron chi connectivity index (χ1n) is 8.47. The van der Waals surface area contributed by atoms with Crippen LogP contribution in [0.1, 0.15) is 32.6 Å². The molecule has 1 N–H and O–H groups in total. The zero-order valence-electron chi connectivity index (χ0n) is 14.6. The lowest BCUT2D eigenvalue weighted by atomic mass is 10.1. The summed E-state index contributed by atoms with van der Waals surface area (Å²) < 4.78 is 0. The highest BCUT2D eigenvalue weighted by molar-refractivity contribution is 7.17. The molecule has 0 atom stereocenters. The van der Waals surface area contributed by atoms with Gasteiger partial charge in [-0.05, 0) is 37.4 Å². The van der Waals surface area contributed by atoms with Crippen LogP contribution in [-0.4, -0.2) is 48.4 Å². The molecule has 3 rings (SSSR count). The first kappa shape index (κ1) is 17.6. The van der Waals surface area contributed by atoms with Gasteiger partial charge in [0.25, 0.3) is 5.91 Å². The SMILES string of the molecule is CCN1CCN(Cc2c(NC(=O)c3cccs3)sc(C)c2C)CC1. The molecule has 1 fully saturated rings. The Bertz CT molecular complexity index is 685. The van der Waals surface area contributed by atoms with Crippen LogP contribution in [0.2, 0.25) is 0 Å². The topological polar surface area (TPSA) is 35.6 Å². The molecule has 1 amide bonds. The van der Waals surface area contributed by atoms with E-state index >= 15 is 0 Å². The van der Waals surface area contributed by atoms with Crippen molar-refractivity contribution in [1.29, 1.82) is 0 Å². The van der Waals surface area contributed by atoms with Crippen molar-refractivity contribution in [3.05, 3.63) is 38.4 Å². The summed E-state index contributed by atoms with van der Waals surface area (Å²) in [6.07, 6.45) is 0. The molecule has 0 aromatic carbocycles. The minimum Gasteiger partial charge on any atom is -0.313 e. The molecule has 0 unspecified atom stereocenters. The molecule has 0 spiro atoms. The molecular formula is C18H25N3OS2. The fraction of sp³-hybridized carbons (Fsp3) is 0.500. The van der Waals surface area contributed by atoms with Gasteiger partial charge in [0, 0.05) is 43.2 Å². The molecule has 4 nitrogen and oxygen atoms in total. The van der Waals surface area contributed by atoms with E-state index in [4.69, 9.17) is 0 Å². The number of thiophene rings is 2. The normalized spacial score (nSPS) is 16.5. The van der Waals surface area contributed by atoms with Gasteiger partial charge in [0.05, 0.1) is 4.88 Å². The lowest BCUT2D eigenvalue weighted by Gasteiger charge is -2.34. The van der Waals surface area contributed by atoms with Gasteiger partial charge in [-0.1, -0.05) is 13.0 Å². The number of hydrogen-bond donors (Lipinski definition) is 1. The standard InChI is InChI=1S/C18H25N3OS2/c1-4-20-7-9-21(10-8-20)12-15-13(2)14(3)24-18(15)19-17(22)16-6-5-11-23-16/h5-6,11H,4,7-10,12H2,1-3H3,(H,19,22). The summed E-state index contributed by atoms with van der Waals surface area (Å²) in [4.78, 5) is 19.5. The van der Waals surface area contributed by atoms with Gasteiger partial charge in [-0.15, -0.1) is 22.7 Å². The van der Waals surface area contributed by atoms with Crippen LogP contribution in [0.15, 0.2) is 17.5 Å². The Morgan fingerprint density at radius 3 is 2.54 bits per heavy atom. The summed E-state index contributed by atoms with van der Waals surface area (Å²) in [5.41, 5.74) is 2.60. The molecule has 2 aromatic heterocycles. The smallest absolute Gasteiger partial charge is 0.266 e. The lowest BCUT2D eigenvalue weighted by molar-refractivity contribution is 0.103. The maximum absolute atomic E-state index is 12.4. The predicted molar refractivity (Wildman–Crippen MR) is 103 cm³/mol. The number of likely N-dealkylation sites (N-methyl/N-ethyl adjacent to an activating group) is 1. The third-order valence-electron chi connectivity index (χ3n) is 4.78. The zero-order valence-corrected chi connectivity index (χ0v) is 16.2. The summed E-state index contributed by atoms with van der Waals surface area (Å²) in [7, 11) is 0. The number of nitrogens with zero attached hydrogens (tertiary/aromatic N) is 2. The molecule has 1 aliphatic heterocycles. The summed E-state index contributed by atoms with van der Waals surface area (Å²) in [6.45, 7) is 13.1. The summed E-state index contributed by atoms with van der Waals surface area (Å²) in [6, 6.07) is 3.79. The second-order valence-corrected chi connectivity index (χ2v) is 8.41. The first-order chi connectivity index (χ1) is 11.6. The zero-order chi connectivity index (χ0) is 17.1. The molecule has 1 aliphatic rings. The lowest BCUT2D eigenvalue weighted by Crippen LogP contribution is -2.45. The third-order valence-corrected chi connectivity index (χ3v) is 6.81. The minimum absolute atomic E-state index is 0.00306. The van der Waals surface area contributed by atoms with Crippen LogP contribution in [0.5, 0.6) is 0 Å². The van der Waals surface area contributed by atoms with Crippen LogP contribution in [0.25, 0.3) is 0 Å². The number of piperazine rings is 1. The molecule has 0 saturated carbocycles. The Morgan fingerprint density at radius 1 is 1.21 bits per heavy atom. The van der Waals surface area contributed by atoms with Gasteiger partial charge < -0.3 is 10.2 Å². The summed E-state index contributed by atoms with van der Waals surface area (Å²) >= 11 is 3.18. The second kappa shape index (κ2) is 7.78. The highest BCUT2D eigenvalue weighted by Crippen LogP contribution is 2.34. The van der Waals surface area contributed by atoms with Gasteiger partial charge in [-0.3, -0.25) is 9.69 Å². The van der Waals surface area contributed by atoms with Crippen molar-refractivity contribution in [3.63, 3.8) is 0 Å². The maximum atomic E-state index is 12.4. The Balaban J connectivity index is 1.72. The molecule has 130 valence electrons. The summed E-state index contributed by atoms with van der Waals surface area (Å²) in [5, 5.41) is 6.09. The average molecular weight is 364 g/mol. The molecule has 0 bridgehead atoms. The Labute approximate surface area is 152 Å². The fourth-order valence-electron chi connectivity index (χ4n) is 3.03. The molecule has 2 aromatic rings. The van der Waals surface area contributed by atoms with E-state index in [1.165, 1.54) is 27.3 Å². The Morgan fingerprint density at radius 2 is 1.92 bits per heavy atom. The number of carbonyl (C=O) groups excluding carboxylic acids is 1. The van der Waals surface area contributed by atoms with Crippen LogP contribution in [0.4, 0.5) is 5.00 Å². The van der Waals surface area contributed by atoms with Gasteiger partial charge in [0.1, 0.15) is 5.00 Å². The van der Waals surface area contributed by atoms with Crippen LogP contribution in [0.3, 0.4) is 0 Å². The summed E-state index contributed by atoms with van der Waals surface area (Å²) in [5.74, 6) is 0.00306. The molecule has 0 radical (unpaired) electrons. The number of anilines is 1. The highest BCUT2D eigenvalue weighted by Gasteiger charge is 2.21. The first-order valence-corrected chi connectivity index (χ1v) is 10.2. The van der Waals surface area contributed by atoms with Crippen molar-refractivity contribution >= 4 is 33.6 Å². The van der Waals surface area contributed by atoms with Gasteiger partial charge in [0.2, 0.25) is 0 Å². The van der Waals surface area contributed by atoms with Crippen molar-refractivity contribution in [2.45, 2.75) is 27.3 Å². The third kappa shape index (κ3) is 3.88. The maximum Gasteiger partial charge on any atom is 0.266 e. The number of amides is 1. The molecular weight excluding hydrogens is 338 g/mol. The number of hydrogen-bond acceptors (Lipinski definition) is 5. The number of aryl methyl sites for hydroxylation is 1. The van der Waals surface area contributed by atoms with E-state index in [0.717, 1.165) is 49.1 Å². The van der Waals surface area contributed by atoms with Crippen molar-refractivity contribution in [2.75, 3.05) is 38.0 Å². The Kier molecular flexibility index (Phi) is 5.71. The Hall–Kier alpha value is -1.21. The van der Waals surface area contributed by atoms with E-state index < -0.39 is 0 Å². The van der Waals surface area contributed by atoms with Crippen molar-refractivity contribution in [2.24, 2.45) is 0 Å². The van der Waals surface area contributed by atoms with E-state index in [1.54, 1.807) is 11.3 Å². The van der Waals surface area contributed by atoms with Crippen molar-refractivity contribution < 1.29 is 4.79 Å². The van der Waals surface area contributed by atoms with Crippen molar-refractivity contribution in [3.8, 4) is 0 Å². The second-order valence-electron chi connectivity index (χ2n) is 6.23. The van der Waals surface area contributed by atoms with Gasteiger partial charge in [0.15, 0.2) is 0 Å². The monoisotopic (exact) mass is 363 g/mol. The molecule has 6 heteroatoms. The number of nitrogens with one attached hydrogen (secondary N) is 1. The highest BCUT2D eigenvalue weighted by atomic mass is 32.1. The van der Waals surface area contributed by atoms with Crippen LogP contribution in [-0.2, 0) is 6.54 Å². The van der Waals surface area contributed by atoms with E-state index in [-0.39, 0.29) is 5.91 Å². The molecule has 1 saturated heterocycles. The number of rotatable bonds is 5. The minimum atomic E-state index is 0.00306.